The third kappa shape index (κ3) is 4.00. The molecule has 0 aliphatic rings. The molecule has 0 saturated carbocycles. The SMILES string of the molecule is O=C(O)/C=C(\C(=O)O)C(Cl)Br. The molecular weight excluding hydrogens is 239 g/mol. The van der Waals surface area contributed by atoms with Gasteiger partial charge in [0, 0.05) is 6.08 Å². The second kappa shape index (κ2) is 4.35. The van der Waals surface area contributed by atoms with E-state index in [1.165, 1.54) is 0 Å². The molecule has 1 atom stereocenters. The van der Waals surface area contributed by atoms with E-state index in [1.54, 1.807) is 0 Å². The molecule has 2 N–H and O–H groups in total. The van der Waals surface area contributed by atoms with E-state index in [2.05, 4.69) is 15.9 Å². The van der Waals surface area contributed by atoms with Crippen molar-refractivity contribution >= 4 is 39.5 Å². The van der Waals surface area contributed by atoms with Crippen molar-refractivity contribution in [1.82, 2.24) is 0 Å². The maximum atomic E-state index is 10.2. The molecule has 0 bridgehead atoms. The predicted molar refractivity (Wildman–Crippen MR) is 41.9 cm³/mol. The van der Waals surface area contributed by atoms with Gasteiger partial charge in [0.05, 0.1) is 5.57 Å². The van der Waals surface area contributed by atoms with Crippen LogP contribution in [0.4, 0.5) is 0 Å². The van der Waals surface area contributed by atoms with Crippen LogP contribution >= 0.6 is 27.5 Å². The summed E-state index contributed by atoms with van der Waals surface area (Å²) < 4.78 is -0.990. The topological polar surface area (TPSA) is 74.6 Å². The van der Waals surface area contributed by atoms with Gasteiger partial charge in [-0.3, -0.25) is 0 Å². The lowest BCUT2D eigenvalue weighted by Gasteiger charge is -1.99. The van der Waals surface area contributed by atoms with Gasteiger partial charge in [-0.1, -0.05) is 15.9 Å². The largest absolute Gasteiger partial charge is 0.478 e. The smallest absolute Gasteiger partial charge is 0.334 e. The Hall–Kier alpha value is -0.550. The molecule has 62 valence electrons. The van der Waals surface area contributed by atoms with E-state index in [4.69, 9.17) is 21.8 Å². The highest BCUT2D eigenvalue weighted by Crippen LogP contribution is 2.16. The van der Waals surface area contributed by atoms with E-state index < -0.39 is 21.8 Å². The number of carbonyl (C=O) groups is 2. The van der Waals surface area contributed by atoms with Crippen molar-refractivity contribution in [3.63, 3.8) is 0 Å². The van der Waals surface area contributed by atoms with Crippen LogP contribution in [0.1, 0.15) is 0 Å². The highest BCUT2D eigenvalue weighted by atomic mass is 79.9. The number of halogens is 2. The van der Waals surface area contributed by atoms with Crippen molar-refractivity contribution in [2.45, 2.75) is 4.29 Å². The van der Waals surface area contributed by atoms with Crippen LogP contribution in [0.3, 0.4) is 0 Å². The second-order valence-electron chi connectivity index (χ2n) is 1.54. The Bertz CT molecular complexity index is 211. The van der Waals surface area contributed by atoms with Crippen molar-refractivity contribution in [2.75, 3.05) is 0 Å². The van der Waals surface area contributed by atoms with Gasteiger partial charge in [-0.15, -0.1) is 11.6 Å². The van der Waals surface area contributed by atoms with Crippen LogP contribution in [0.2, 0.25) is 0 Å². The summed E-state index contributed by atoms with van der Waals surface area (Å²) >= 11 is 8.01. The maximum Gasteiger partial charge on any atom is 0.334 e. The number of alkyl halides is 2. The minimum atomic E-state index is -1.36. The fraction of sp³-hybridized carbons (Fsp3) is 0.200. The van der Waals surface area contributed by atoms with E-state index in [9.17, 15) is 9.59 Å². The van der Waals surface area contributed by atoms with Gasteiger partial charge in [-0.2, -0.15) is 0 Å². The predicted octanol–water partition coefficient (Wildman–Crippen LogP) is 1.04. The Morgan fingerprint density at radius 1 is 1.45 bits per heavy atom. The third-order valence-corrected chi connectivity index (χ3v) is 1.49. The quantitative estimate of drug-likeness (QED) is 0.574. The van der Waals surface area contributed by atoms with Crippen molar-refractivity contribution in [1.29, 1.82) is 0 Å². The van der Waals surface area contributed by atoms with E-state index >= 15 is 0 Å². The fourth-order valence-electron chi connectivity index (χ4n) is 0.351. The molecule has 0 aliphatic heterocycles. The summed E-state index contributed by atoms with van der Waals surface area (Å²) in [5, 5.41) is 16.5. The zero-order chi connectivity index (χ0) is 9.02. The molecule has 6 heteroatoms. The lowest BCUT2D eigenvalue weighted by Crippen LogP contribution is -2.09. The van der Waals surface area contributed by atoms with E-state index in [-0.39, 0.29) is 0 Å². The van der Waals surface area contributed by atoms with Gasteiger partial charge in [-0.05, 0) is 0 Å². The Balaban J connectivity index is 4.60. The Morgan fingerprint density at radius 3 is 2.00 bits per heavy atom. The van der Waals surface area contributed by atoms with Crippen LogP contribution in [0.5, 0.6) is 0 Å². The average molecular weight is 243 g/mol. The Kier molecular flexibility index (Phi) is 4.14. The second-order valence-corrected chi connectivity index (χ2v) is 3.42. The zero-order valence-electron chi connectivity index (χ0n) is 5.12. The van der Waals surface area contributed by atoms with E-state index in [1.807, 2.05) is 0 Å². The molecule has 0 aliphatic carbocycles. The molecule has 1 unspecified atom stereocenters. The minimum absolute atomic E-state index is 0.404. The lowest BCUT2D eigenvalue weighted by atomic mass is 10.3. The molecule has 0 amide bonds. The highest BCUT2D eigenvalue weighted by Gasteiger charge is 2.16. The zero-order valence-corrected chi connectivity index (χ0v) is 7.46. The standard InChI is InChI=1S/C5H4BrClO4/c6-4(7)2(5(10)11)1-3(8)9/h1,4H,(H,8,9)(H,10,11)/b2-1-. The molecule has 0 heterocycles. The van der Waals surface area contributed by atoms with Gasteiger partial charge in [-0.25, -0.2) is 9.59 Å². The monoisotopic (exact) mass is 242 g/mol. The Morgan fingerprint density at radius 2 is 1.91 bits per heavy atom. The van der Waals surface area contributed by atoms with Crippen LogP contribution in [0.25, 0.3) is 0 Å². The molecular formula is C5H4BrClO4. The first-order valence-corrected chi connectivity index (χ1v) is 3.76. The third-order valence-electron chi connectivity index (χ3n) is 0.761. The number of hydrogen-bond acceptors (Lipinski definition) is 2. The molecule has 0 aromatic rings. The van der Waals surface area contributed by atoms with Gasteiger partial charge >= 0.3 is 11.9 Å². The first-order valence-electron chi connectivity index (χ1n) is 2.41. The van der Waals surface area contributed by atoms with Gasteiger partial charge in [0.2, 0.25) is 0 Å². The van der Waals surface area contributed by atoms with Crippen molar-refractivity contribution in [3.05, 3.63) is 11.6 Å². The summed E-state index contributed by atoms with van der Waals surface area (Å²) in [4.78, 5) is 20.2. The average Bonchev–Trinajstić information content (AvgIpc) is 1.81. The first-order chi connectivity index (χ1) is 4.95. The summed E-state index contributed by atoms with van der Waals surface area (Å²) in [6.07, 6.45) is 0.536. The molecule has 11 heavy (non-hydrogen) atoms. The van der Waals surface area contributed by atoms with Crippen LogP contribution in [0.15, 0.2) is 11.6 Å². The van der Waals surface area contributed by atoms with E-state index in [0.717, 1.165) is 0 Å². The number of hydrogen-bond donors (Lipinski definition) is 2. The van der Waals surface area contributed by atoms with E-state index in [0.29, 0.717) is 6.08 Å². The van der Waals surface area contributed by atoms with Crippen molar-refractivity contribution in [2.24, 2.45) is 0 Å². The van der Waals surface area contributed by atoms with Crippen LogP contribution in [-0.2, 0) is 9.59 Å². The molecule has 0 radical (unpaired) electrons. The normalized spacial score (nSPS) is 14.2. The number of aliphatic carboxylic acids is 2. The van der Waals surface area contributed by atoms with Gasteiger partial charge < -0.3 is 10.2 Å². The molecule has 4 nitrogen and oxygen atoms in total. The summed E-state index contributed by atoms with van der Waals surface area (Å²) in [5.41, 5.74) is -0.404. The first kappa shape index (κ1) is 10.4. The van der Waals surface area contributed by atoms with Crippen molar-refractivity contribution < 1.29 is 19.8 Å². The number of rotatable bonds is 3. The Labute approximate surface area is 75.6 Å². The summed E-state index contributed by atoms with van der Waals surface area (Å²) in [6.45, 7) is 0. The van der Waals surface area contributed by atoms with Gasteiger partial charge in [0.1, 0.15) is 4.29 Å². The molecule has 0 rings (SSSR count). The molecule has 0 aromatic carbocycles. The molecule has 0 aromatic heterocycles. The maximum absolute atomic E-state index is 10.2. The summed E-state index contributed by atoms with van der Waals surface area (Å²) in [5.74, 6) is -2.70. The van der Waals surface area contributed by atoms with Crippen LogP contribution in [0, 0.1) is 0 Å². The molecule has 0 saturated heterocycles. The summed E-state index contributed by atoms with van der Waals surface area (Å²) in [7, 11) is 0. The molecule has 0 spiro atoms. The van der Waals surface area contributed by atoms with Crippen molar-refractivity contribution in [3.8, 4) is 0 Å². The minimum Gasteiger partial charge on any atom is -0.478 e. The fourth-order valence-corrected chi connectivity index (χ4v) is 0.835. The lowest BCUT2D eigenvalue weighted by molar-refractivity contribution is -0.135. The number of carboxylic acid groups (broad SMARTS) is 2. The van der Waals surface area contributed by atoms with Crippen LogP contribution < -0.4 is 0 Å². The van der Waals surface area contributed by atoms with Gasteiger partial charge in [0.25, 0.3) is 0 Å². The highest BCUT2D eigenvalue weighted by molar-refractivity contribution is 9.10. The summed E-state index contributed by atoms with van der Waals surface area (Å²) in [6, 6.07) is 0. The van der Waals surface area contributed by atoms with Crippen LogP contribution in [-0.4, -0.2) is 26.4 Å². The number of carboxylic acids is 2. The molecule has 0 fully saturated rings. The van der Waals surface area contributed by atoms with Gasteiger partial charge in [0.15, 0.2) is 0 Å².